The molecule has 3 nitrogen and oxygen atoms in total. The monoisotopic (exact) mass is 269 g/mol. The van der Waals surface area contributed by atoms with Crippen LogP contribution >= 0.6 is 0 Å². The second-order valence-electron chi connectivity index (χ2n) is 6.43. The van der Waals surface area contributed by atoms with Crippen molar-refractivity contribution < 1.29 is 0 Å². The summed E-state index contributed by atoms with van der Waals surface area (Å²) in [6.07, 6.45) is 3.84. The quantitative estimate of drug-likeness (QED) is 0.693. The van der Waals surface area contributed by atoms with E-state index in [1.54, 1.807) is 0 Å². The third-order valence-corrected chi connectivity index (χ3v) is 3.89. The summed E-state index contributed by atoms with van der Waals surface area (Å²) in [7, 11) is 0. The molecule has 0 radical (unpaired) electrons. The average molecular weight is 269 g/mol. The van der Waals surface area contributed by atoms with E-state index in [-0.39, 0.29) is 0 Å². The Hall–Kier alpha value is -0.120. The summed E-state index contributed by atoms with van der Waals surface area (Å²) in [5, 5.41) is 3.71. The first-order valence-corrected chi connectivity index (χ1v) is 8.33. The Bertz CT molecular complexity index is 210. The Labute approximate surface area is 120 Å². The Morgan fingerprint density at radius 3 is 1.95 bits per heavy atom. The van der Waals surface area contributed by atoms with Crippen LogP contribution < -0.4 is 5.32 Å². The van der Waals surface area contributed by atoms with Crippen LogP contribution in [0.2, 0.25) is 0 Å². The minimum Gasteiger partial charge on any atom is -0.313 e. The minimum atomic E-state index is 0.696. The first-order chi connectivity index (χ1) is 9.15. The lowest BCUT2D eigenvalue weighted by Gasteiger charge is -2.37. The Balaban J connectivity index is 2.25. The van der Waals surface area contributed by atoms with Gasteiger partial charge in [-0.05, 0) is 25.3 Å². The van der Waals surface area contributed by atoms with Gasteiger partial charge in [-0.25, -0.2) is 0 Å². The van der Waals surface area contributed by atoms with Gasteiger partial charge in [-0.3, -0.25) is 4.90 Å². The van der Waals surface area contributed by atoms with Gasteiger partial charge in [0.1, 0.15) is 0 Å². The van der Waals surface area contributed by atoms with Crippen molar-refractivity contribution in [1.29, 1.82) is 0 Å². The van der Waals surface area contributed by atoms with Crippen LogP contribution in [0.5, 0.6) is 0 Å². The fourth-order valence-corrected chi connectivity index (χ4v) is 2.94. The zero-order valence-corrected chi connectivity index (χ0v) is 13.6. The highest BCUT2D eigenvalue weighted by molar-refractivity contribution is 4.77. The highest BCUT2D eigenvalue weighted by atomic mass is 15.3. The lowest BCUT2D eigenvalue weighted by molar-refractivity contribution is 0.113. The second-order valence-corrected chi connectivity index (χ2v) is 6.43. The lowest BCUT2D eigenvalue weighted by Crippen LogP contribution is -2.51. The molecule has 114 valence electrons. The van der Waals surface area contributed by atoms with Gasteiger partial charge in [0, 0.05) is 45.3 Å². The summed E-state index contributed by atoms with van der Waals surface area (Å²) >= 11 is 0. The van der Waals surface area contributed by atoms with Crippen LogP contribution in [-0.4, -0.2) is 61.7 Å². The molecule has 0 aromatic carbocycles. The number of rotatable bonds is 9. The molecule has 0 aromatic heterocycles. The third kappa shape index (κ3) is 7.28. The summed E-state index contributed by atoms with van der Waals surface area (Å²) in [5.41, 5.74) is 0. The predicted molar refractivity (Wildman–Crippen MR) is 84.7 cm³/mol. The fourth-order valence-electron chi connectivity index (χ4n) is 2.94. The highest BCUT2D eigenvalue weighted by Gasteiger charge is 2.19. The van der Waals surface area contributed by atoms with Crippen LogP contribution in [0.15, 0.2) is 0 Å². The molecule has 1 unspecified atom stereocenters. The molecular weight excluding hydrogens is 234 g/mol. The van der Waals surface area contributed by atoms with Gasteiger partial charge >= 0.3 is 0 Å². The van der Waals surface area contributed by atoms with E-state index in [9.17, 15) is 0 Å². The zero-order chi connectivity index (χ0) is 14.1. The van der Waals surface area contributed by atoms with Crippen LogP contribution in [0.3, 0.4) is 0 Å². The molecular formula is C16H35N3. The molecule has 3 heteroatoms. The van der Waals surface area contributed by atoms with E-state index in [2.05, 4.69) is 42.8 Å². The van der Waals surface area contributed by atoms with Crippen molar-refractivity contribution in [3.63, 3.8) is 0 Å². The van der Waals surface area contributed by atoms with Crippen LogP contribution in [0.1, 0.15) is 47.0 Å². The van der Waals surface area contributed by atoms with E-state index in [4.69, 9.17) is 0 Å². The molecule has 1 heterocycles. The van der Waals surface area contributed by atoms with E-state index in [1.807, 2.05) is 0 Å². The molecule has 1 saturated heterocycles. The minimum absolute atomic E-state index is 0.696. The molecule has 0 saturated carbocycles. The number of hydrogen-bond donors (Lipinski definition) is 1. The topological polar surface area (TPSA) is 18.5 Å². The normalized spacial score (nSPS) is 20.1. The predicted octanol–water partition coefficient (Wildman–Crippen LogP) is 2.43. The van der Waals surface area contributed by atoms with Crippen LogP contribution in [0.4, 0.5) is 0 Å². The maximum absolute atomic E-state index is 3.71. The molecule has 0 bridgehead atoms. The molecule has 0 spiro atoms. The smallest absolute Gasteiger partial charge is 0.0194 e. The van der Waals surface area contributed by atoms with Crippen molar-refractivity contribution >= 4 is 0 Å². The molecule has 1 aliphatic rings. The van der Waals surface area contributed by atoms with Gasteiger partial charge in [-0.1, -0.05) is 34.1 Å². The van der Waals surface area contributed by atoms with Crippen molar-refractivity contribution in [2.45, 2.75) is 53.0 Å². The Morgan fingerprint density at radius 2 is 1.47 bits per heavy atom. The maximum Gasteiger partial charge on any atom is 0.0194 e. The van der Waals surface area contributed by atoms with Crippen LogP contribution in [0.25, 0.3) is 0 Å². The third-order valence-electron chi connectivity index (χ3n) is 3.89. The van der Waals surface area contributed by atoms with E-state index in [0.29, 0.717) is 6.04 Å². The number of hydrogen-bond acceptors (Lipinski definition) is 3. The summed E-state index contributed by atoms with van der Waals surface area (Å²) < 4.78 is 0. The van der Waals surface area contributed by atoms with Crippen molar-refractivity contribution in [3.8, 4) is 0 Å². The molecule has 1 fully saturated rings. The molecule has 1 aliphatic heterocycles. The van der Waals surface area contributed by atoms with Crippen LogP contribution in [0, 0.1) is 5.92 Å². The summed E-state index contributed by atoms with van der Waals surface area (Å²) in [5.74, 6) is 0.797. The van der Waals surface area contributed by atoms with E-state index >= 15 is 0 Å². The lowest BCUT2D eigenvalue weighted by atomic mass is 10.1. The molecule has 0 aliphatic carbocycles. The summed E-state index contributed by atoms with van der Waals surface area (Å²) in [6, 6.07) is 0.696. The average Bonchev–Trinajstić information content (AvgIpc) is 2.38. The summed E-state index contributed by atoms with van der Waals surface area (Å²) in [4.78, 5) is 5.27. The first kappa shape index (κ1) is 16.9. The van der Waals surface area contributed by atoms with Gasteiger partial charge in [0.15, 0.2) is 0 Å². The molecule has 0 aromatic rings. The maximum atomic E-state index is 3.71. The van der Waals surface area contributed by atoms with E-state index < -0.39 is 0 Å². The van der Waals surface area contributed by atoms with Crippen molar-refractivity contribution in [2.75, 3.05) is 45.8 Å². The number of piperazine rings is 1. The zero-order valence-electron chi connectivity index (χ0n) is 13.6. The molecule has 19 heavy (non-hydrogen) atoms. The van der Waals surface area contributed by atoms with Crippen molar-refractivity contribution in [3.05, 3.63) is 0 Å². The van der Waals surface area contributed by atoms with Gasteiger partial charge in [-0.2, -0.15) is 0 Å². The van der Waals surface area contributed by atoms with Gasteiger partial charge in [0.05, 0.1) is 0 Å². The molecule has 1 atom stereocenters. The van der Waals surface area contributed by atoms with Crippen molar-refractivity contribution in [2.24, 2.45) is 5.92 Å². The molecule has 1 rings (SSSR count). The number of nitrogens with zero attached hydrogens (tertiary/aromatic N) is 2. The van der Waals surface area contributed by atoms with Crippen LogP contribution in [-0.2, 0) is 0 Å². The highest BCUT2D eigenvalue weighted by Crippen LogP contribution is 2.07. The van der Waals surface area contributed by atoms with Gasteiger partial charge in [-0.15, -0.1) is 0 Å². The van der Waals surface area contributed by atoms with E-state index in [0.717, 1.165) is 12.5 Å². The first-order valence-electron chi connectivity index (χ1n) is 8.33. The number of nitrogens with one attached hydrogen (secondary N) is 1. The van der Waals surface area contributed by atoms with Crippen molar-refractivity contribution in [1.82, 2.24) is 15.1 Å². The molecule has 0 amide bonds. The second kappa shape index (κ2) is 9.73. The van der Waals surface area contributed by atoms with Gasteiger partial charge in [0.25, 0.3) is 0 Å². The molecule has 1 N–H and O–H groups in total. The van der Waals surface area contributed by atoms with Gasteiger partial charge in [0.2, 0.25) is 0 Å². The largest absolute Gasteiger partial charge is 0.313 e. The Kier molecular flexibility index (Phi) is 8.67. The van der Waals surface area contributed by atoms with E-state index in [1.165, 1.54) is 58.5 Å². The SMILES string of the molecule is CCCNC(CCC)CN1CCN(CC(C)C)CC1. The fraction of sp³-hybridized carbons (Fsp3) is 1.00. The standard InChI is InChI=1S/C16H35N3/c1-5-7-16(17-8-6-2)14-19-11-9-18(10-12-19)13-15(3)4/h15-17H,5-14H2,1-4H3. The van der Waals surface area contributed by atoms with Gasteiger partial charge < -0.3 is 10.2 Å². The Morgan fingerprint density at radius 1 is 0.895 bits per heavy atom. The summed E-state index contributed by atoms with van der Waals surface area (Å²) in [6.45, 7) is 17.9.